The van der Waals surface area contributed by atoms with Crippen molar-refractivity contribution in [2.45, 2.75) is 19.8 Å². The van der Waals surface area contributed by atoms with Gasteiger partial charge in [-0.1, -0.05) is 60.7 Å². The van der Waals surface area contributed by atoms with E-state index >= 15 is 0 Å². The number of ether oxygens (including phenoxy) is 3. The van der Waals surface area contributed by atoms with Gasteiger partial charge in [0.25, 0.3) is 0 Å². The van der Waals surface area contributed by atoms with Gasteiger partial charge in [-0.15, -0.1) is 0 Å². The van der Waals surface area contributed by atoms with Gasteiger partial charge in [0.2, 0.25) is 0 Å². The Kier molecular flexibility index (Phi) is 7.01. The molecule has 0 heterocycles. The van der Waals surface area contributed by atoms with Gasteiger partial charge in [0.15, 0.2) is 0 Å². The van der Waals surface area contributed by atoms with E-state index in [4.69, 9.17) is 14.2 Å². The van der Waals surface area contributed by atoms with Crippen LogP contribution in [0, 0.1) is 0 Å². The zero-order valence-electron chi connectivity index (χ0n) is 18.8. The molecule has 4 aromatic rings. The molecule has 4 rings (SSSR count). The Bertz CT molecular complexity index is 1310. The number of ketones is 1. The number of carbonyl (C=O) groups is 2. The maximum absolute atomic E-state index is 12.6. The average Bonchev–Trinajstić information content (AvgIpc) is 2.83. The van der Waals surface area contributed by atoms with E-state index in [-0.39, 0.29) is 18.6 Å². The third-order valence-corrected chi connectivity index (χ3v) is 5.48. The minimum absolute atomic E-state index is 0.0360. The first-order valence-corrected chi connectivity index (χ1v) is 10.9. The van der Waals surface area contributed by atoms with E-state index in [9.17, 15) is 9.59 Å². The highest BCUT2D eigenvalue weighted by Crippen LogP contribution is 2.45. The molecule has 0 amide bonds. The molecule has 5 heteroatoms. The maximum Gasteiger partial charge on any atom is 0.311 e. The largest absolute Gasteiger partial charge is 0.491 e. The Morgan fingerprint density at radius 3 is 1.88 bits per heavy atom. The van der Waals surface area contributed by atoms with E-state index in [1.54, 1.807) is 7.11 Å². The summed E-state index contributed by atoms with van der Waals surface area (Å²) in [4.78, 5) is 23.9. The lowest BCUT2D eigenvalue weighted by Gasteiger charge is -2.19. The van der Waals surface area contributed by atoms with Crippen LogP contribution in [0.5, 0.6) is 11.5 Å². The molecule has 0 saturated carbocycles. The van der Waals surface area contributed by atoms with Crippen molar-refractivity contribution >= 4 is 33.3 Å². The molecule has 0 fully saturated rings. The zero-order valence-corrected chi connectivity index (χ0v) is 18.8. The second-order valence-electron chi connectivity index (χ2n) is 7.84. The van der Waals surface area contributed by atoms with E-state index in [1.165, 1.54) is 6.92 Å². The third kappa shape index (κ3) is 5.04. The number of rotatable bonds is 9. The summed E-state index contributed by atoms with van der Waals surface area (Å²) in [6.45, 7) is 2.31. The molecule has 0 bridgehead atoms. The quantitative estimate of drug-likeness (QED) is 0.182. The van der Waals surface area contributed by atoms with Gasteiger partial charge >= 0.3 is 5.97 Å². The fourth-order valence-electron chi connectivity index (χ4n) is 3.91. The highest BCUT2D eigenvalue weighted by molar-refractivity contribution is 6.10. The lowest BCUT2D eigenvalue weighted by molar-refractivity contribution is -0.135. The molecule has 0 aliphatic heterocycles. The fraction of sp³-hybridized carbons (Fsp3) is 0.214. The predicted molar refractivity (Wildman–Crippen MR) is 130 cm³/mol. The van der Waals surface area contributed by atoms with Gasteiger partial charge < -0.3 is 19.0 Å². The lowest BCUT2D eigenvalue weighted by atomic mass is 9.92. The molecule has 168 valence electrons. The van der Waals surface area contributed by atoms with Gasteiger partial charge in [-0.05, 0) is 40.6 Å². The van der Waals surface area contributed by atoms with Crippen molar-refractivity contribution in [3.05, 3.63) is 72.8 Å². The van der Waals surface area contributed by atoms with Crippen LogP contribution in [0.15, 0.2) is 72.8 Å². The second-order valence-corrected chi connectivity index (χ2v) is 7.84. The van der Waals surface area contributed by atoms with Gasteiger partial charge in [-0.3, -0.25) is 4.79 Å². The molecule has 0 saturated heterocycles. The minimum atomic E-state index is -0.441. The Labute approximate surface area is 192 Å². The van der Waals surface area contributed by atoms with Gasteiger partial charge in [-0.25, -0.2) is 0 Å². The fourth-order valence-corrected chi connectivity index (χ4v) is 3.91. The normalized spacial score (nSPS) is 11.0. The zero-order chi connectivity index (χ0) is 23.2. The van der Waals surface area contributed by atoms with Gasteiger partial charge in [0.05, 0.1) is 13.0 Å². The Balaban J connectivity index is 1.93. The van der Waals surface area contributed by atoms with E-state index in [2.05, 4.69) is 0 Å². The first-order chi connectivity index (χ1) is 16.1. The molecule has 0 aromatic heterocycles. The van der Waals surface area contributed by atoms with Crippen molar-refractivity contribution in [3.8, 4) is 22.6 Å². The summed E-state index contributed by atoms with van der Waals surface area (Å²) in [5.41, 5.74) is 1.64. The third-order valence-electron chi connectivity index (χ3n) is 5.48. The monoisotopic (exact) mass is 442 g/mol. The summed E-state index contributed by atoms with van der Waals surface area (Å²) in [6, 6.07) is 23.7. The molecule has 0 atom stereocenters. The van der Waals surface area contributed by atoms with Crippen LogP contribution in [0.25, 0.3) is 32.7 Å². The number of esters is 1. The van der Waals surface area contributed by atoms with Crippen molar-refractivity contribution in [2.75, 3.05) is 20.3 Å². The second kappa shape index (κ2) is 10.3. The van der Waals surface area contributed by atoms with Crippen molar-refractivity contribution in [1.29, 1.82) is 0 Å². The molecule has 0 aliphatic rings. The van der Waals surface area contributed by atoms with Crippen molar-refractivity contribution < 1.29 is 23.8 Å². The van der Waals surface area contributed by atoms with Crippen molar-refractivity contribution in [1.82, 2.24) is 0 Å². The van der Waals surface area contributed by atoms with E-state index in [1.807, 2.05) is 72.8 Å². The van der Waals surface area contributed by atoms with Crippen LogP contribution in [-0.4, -0.2) is 32.1 Å². The maximum atomic E-state index is 12.6. The predicted octanol–water partition coefficient (Wildman–Crippen LogP) is 5.96. The topological polar surface area (TPSA) is 61.8 Å². The molecular formula is C28H26O5. The summed E-state index contributed by atoms with van der Waals surface area (Å²) in [5.74, 6) is 0.635. The van der Waals surface area contributed by atoms with Crippen LogP contribution >= 0.6 is 0 Å². The highest BCUT2D eigenvalue weighted by Gasteiger charge is 2.20. The molecule has 0 aliphatic carbocycles. The molecule has 5 nitrogen and oxygen atoms in total. The Morgan fingerprint density at radius 2 is 1.27 bits per heavy atom. The van der Waals surface area contributed by atoms with Crippen LogP contribution in [0.2, 0.25) is 0 Å². The number of fused-ring (bicyclic) bond motifs is 2. The minimum Gasteiger partial charge on any atom is -0.491 e. The van der Waals surface area contributed by atoms with E-state index < -0.39 is 5.97 Å². The van der Waals surface area contributed by atoms with Crippen molar-refractivity contribution in [2.24, 2.45) is 0 Å². The SMILES string of the molecule is COCCOc1ccc2ccccc2c1-c1c(OC(=O)CCC(C)=O)ccc2ccccc12. The van der Waals surface area contributed by atoms with Crippen molar-refractivity contribution in [3.63, 3.8) is 0 Å². The molecule has 0 unspecified atom stereocenters. The standard InChI is InChI=1S/C28H26O5/c1-19(29)11-16-26(30)33-25-15-13-21-8-4-6-10-23(21)28(25)27-22-9-5-3-7-20(22)12-14-24(27)32-18-17-31-2/h3-10,12-15H,11,16-18H2,1-2H3. The lowest BCUT2D eigenvalue weighted by Crippen LogP contribution is -2.10. The summed E-state index contributed by atoms with van der Waals surface area (Å²) < 4.78 is 17.1. The first kappa shape index (κ1) is 22.5. The van der Waals surface area contributed by atoms with Gasteiger partial charge in [0.1, 0.15) is 23.9 Å². The molecule has 0 radical (unpaired) electrons. The van der Waals surface area contributed by atoms with Gasteiger partial charge in [-0.2, -0.15) is 0 Å². The van der Waals surface area contributed by atoms with E-state index in [0.29, 0.717) is 24.7 Å². The number of hydrogen-bond acceptors (Lipinski definition) is 5. The van der Waals surface area contributed by atoms with E-state index in [0.717, 1.165) is 32.7 Å². The summed E-state index contributed by atoms with van der Waals surface area (Å²) in [7, 11) is 1.63. The number of carbonyl (C=O) groups excluding carboxylic acids is 2. The molecule has 0 N–H and O–H groups in total. The summed E-state index contributed by atoms with van der Waals surface area (Å²) in [5, 5.41) is 4.01. The number of benzene rings is 4. The average molecular weight is 443 g/mol. The number of methoxy groups -OCH3 is 1. The molecule has 33 heavy (non-hydrogen) atoms. The van der Waals surface area contributed by atoms with Crippen LogP contribution < -0.4 is 9.47 Å². The first-order valence-electron chi connectivity index (χ1n) is 10.9. The smallest absolute Gasteiger partial charge is 0.311 e. The molecule has 4 aromatic carbocycles. The summed E-state index contributed by atoms with van der Waals surface area (Å²) >= 11 is 0. The highest BCUT2D eigenvalue weighted by atomic mass is 16.5. The summed E-state index contributed by atoms with van der Waals surface area (Å²) in [6.07, 6.45) is 0.190. The van der Waals surface area contributed by atoms with Gasteiger partial charge in [0, 0.05) is 24.7 Å². The van der Waals surface area contributed by atoms with Crippen LogP contribution in [0.4, 0.5) is 0 Å². The Hall–Kier alpha value is -3.70. The number of Topliss-reactive ketones (excluding diaryl/α,β-unsaturated/α-hetero) is 1. The number of hydrogen-bond donors (Lipinski definition) is 0. The molecule has 0 spiro atoms. The van der Waals surface area contributed by atoms with Crippen LogP contribution in [-0.2, 0) is 14.3 Å². The van der Waals surface area contributed by atoms with Crippen LogP contribution in [0.3, 0.4) is 0 Å². The van der Waals surface area contributed by atoms with Crippen LogP contribution in [0.1, 0.15) is 19.8 Å². The molecular weight excluding hydrogens is 416 g/mol. The Morgan fingerprint density at radius 1 is 0.697 bits per heavy atom.